The molecule has 0 aliphatic rings. The average Bonchev–Trinajstić information content (AvgIpc) is 2.50. The van der Waals surface area contributed by atoms with Gasteiger partial charge in [-0.1, -0.05) is 13.8 Å². The highest BCUT2D eigenvalue weighted by atomic mass is 79.9. The van der Waals surface area contributed by atoms with E-state index in [1.807, 2.05) is 6.92 Å². The van der Waals surface area contributed by atoms with Gasteiger partial charge in [0.1, 0.15) is 0 Å². The summed E-state index contributed by atoms with van der Waals surface area (Å²) in [6, 6.07) is 0. The van der Waals surface area contributed by atoms with Crippen molar-refractivity contribution in [2.24, 2.45) is 0 Å². The number of rotatable bonds is 6. The number of hydrogen-bond acceptors (Lipinski definition) is 2. The predicted octanol–water partition coefficient (Wildman–Crippen LogP) is 3.42. The standard InChI is InChI=1S/C13H20BrNO3/c1-8(2)12-11(14)10(13(16)17)9(3)15(12)6-5-7-18-4/h8H,5-7H2,1-4H3,(H,16,17). The highest BCUT2D eigenvalue weighted by Crippen LogP contribution is 2.33. The molecule has 1 heterocycles. The molecule has 1 aromatic heterocycles. The first kappa shape index (κ1) is 15.2. The van der Waals surface area contributed by atoms with Gasteiger partial charge < -0.3 is 14.4 Å². The van der Waals surface area contributed by atoms with Gasteiger partial charge in [-0.15, -0.1) is 0 Å². The second kappa shape index (κ2) is 6.38. The Morgan fingerprint density at radius 2 is 2.11 bits per heavy atom. The van der Waals surface area contributed by atoms with E-state index in [2.05, 4.69) is 34.3 Å². The Morgan fingerprint density at radius 1 is 1.50 bits per heavy atom. The third-order valence-corrected chi connectivity index (χ3v) is 3.80. The first-order valence-electron chi connectivity index (χ1n) is 6.02. The Labute approximate surface area is 116 Å². The van der Waals surface area contributed by atoms with Crippen molar-refractivity contribution in [3.63, 3.8) is 0 Å². The number of ether oxygens (including phenoxy) is 1. The molecule has 1 aromatic rings. The van der Waals surface area contributed by atoms with Crippen LogP contribution in [0.1, 0.15) is 47.9 Å². The third-order valence-electron chi connectivity index (χ3n) is 2.99. The summed E-state index contributed by atoms with van der Waals surface area (Å²) in [4.78, 5) is 11.3. The van der Waals surface area contributed by atoms with Crippen LogP contribution in [0.2, 0.25) is 0 Å². The number of carboxylic acids is 1. The van der Waals surface area contributed by atoms with E-state index >= 15 is 0 Å². The minimum absolute atomic E-state index is 0.272. The van der Waals surface area contributed by atoms with Crippen molar-refractivity contribution >= 4 is 21.9 Å². The van der Waals surface area contributed by atoms with Gasteiger partial charge in [0.2, 0.25) is 0 Å². The van der Waals surface area contributed by atoms with Crippen LogP contribution in [0.25, 0.3) is 0 Å². The molecule has 0 saturated carbocycles. The van der Waals surface area contributed by atoms with E-state index < -0.39 is 5.97 Å². The van der Waals surface area contributed by atoms with Gasteiger partial charge in [0.05, 0.1) is 10.0 Å². The third kappa shape index (κ3) is 2.95. The molecule has 0 unspecified atom stereocenters. The zero-order valence-corrected chi connectivity index (χ0v) is 12.9. The van der Waals surface area contributed by atoms with Crippen LogP contribution < -0.4 is 0 Å². The van der Waals surface area contributed by atoms with Crippen LogP contribution in [0.15, 0.2) is 4.47 Å². The summed E-state index contributed by atoms with van der Waals surface area (Å²) >= 11 is 3.43. The number of halogens is 1. The van der Waals surface area contributed by atoms with Crippen LogP contribution in [0.3, 0.4) is 0 Å². The molecule has 0 aromatic carbocycles. The molecule has 0 aliphatic heterocycles. The van der Waals surface area contributed by atoms with Gasteiger partial charge in [-0.25, -0.2) is 4.79 Å². The summed E-state index contributed by atoms with van der Waals surface area (Å²) < 4.78 is 7.84. The predicted molar refractivity (Wildman–Crippen MR) is 74.4 cm³/mol. The summed E-state index contributed by atoms with van der Waals surface area (Å²) in [7, 11) is 1.67. The fraction of sp³-hybridized carbons (Fsp3) is 0.615. The van der Waals surface area contributed by atoms with Gasteiger partial charge in [0.15, 0.2) is 0 Å². The minimum atomic E-state index is -0.883. The number of carbonyl (C=O) groups is 1. The van der Waals surface area contributed by atoms with Crippen molar-refractivity contribution < 1.29 is 14.6 Å². The first-order chi connectivity index (χ1) is 8.41. The molecule has 0 amide bonds. The lowest BCUT2D eigenvalue weighted by Gasteiger charge is -2.14. The average molecular weight is 318 g/mol. The maximum atomic E-state index is 11.3. The molecule has 1 N–H and O–H groups in total. The first-order valence-corrected chi connectivity index (χ1v) is 6.81. The quantitative estimate of drug-likeness (QED) is 0.818. The van der Waals surface area contributed by atoms with Crippen molar-refractivity contribution in [1.82, 2.24) is 4.57 Å². The summed E-state index contributed by atoms with van der Waals surface area (Å²) in [5.74, 6) is -0.611. The van der Waals surface area contributed by atoms with Gasteiger partial charge in [-0.2, -0.15) is 0 Å². The molecule has 0 saturated heterocycles. The molecule has 0 bridgehead atoms. The van der Waals surface area contributed by atoms with Gasteiger partial charge in [-0.3, -0.25) is 0 Å². The van der Waals surface area contributed by atoms with Gasteiger partial charge in [0.25, 0.3) is 0 Å². The molecule has 1 rings (SSSR count). The van der Waals surface area contributed by atoms with E-state index in [0.717, 1.165) is 24.4 Å². The molecule has 102 valence electrons. The molecule has 4 nitrogen and oxygen atoms in total. The van der Waals surface area contributed by atoms with E-state index in [-0.39, 0.29) is 5.92 Å². The van der Waals surface area contributed by atoms with Crippen LogP contribution >= 0.6 is 15.9 Å². The molecule has 0 atom stereocenters. The minimum Gasteiger partial charge on any atom is -0.478 e. The van der Waals surface area contributed by atoms with E-state index in [0.29, 0.717) is 16.6 Å². The molecular weight excluding hydrogens is 298 g/mol. The zero-order valence-electron chi connectivity index (χ0n) is 11.3. The molecule has 5 heteroatoms. The fourth-order valence-corrected chi connectivity index (χ4v) is 3.32. The Balaban J connectivity index is 3.21. The smallest absolute Gasteiger partial charge is 0.338 e. The normalized spacial score (nSPS) is 11.2. The highest BCUT2D eigenvalue weighted by molar-refractivity contribution is 9.10. The second-order valence-electron chi connectivity index (χ2n) is 4.62. The molecule has 18 heavy (non-hydrogen) atoms. The largest absolute Gasteiger partial charge is 0.478 e. The van der Waals surface area contributed by atoms with Gasteiger partial charge in [-0.05, 0) is 35.2 Å². The Bertz CT molecular complexity index is 438. The number of methoxy groups -OCH3 is 1. The monoisotopic (exact) mass is 317 g/mol. The summed E-state index contributed by atoms with van der Waals surface area (Å²) in [5.41, 5.74) is 2.21. The lowest BCUT2D eigenvalue weighted by molar-refractivity contribution is 0.0695. The van der Waals surface area contributed by atoms with Crippen LogP contribution in [-0.2, 0) is 11.3 Å². The second-order valence-corrected chi connectivity index (χ2v) is 5.41. The number of aromatic nitrogens is 1. The summed E-state index contributed by atoms with van der Waals surface area (Å²) in [6.45, 7) is 7.44. The number of aromatic carboxylic acids is 1. The molecule has 0 spiro atoms. The van der Waals surface area contributed by atoms with Crippen molar-refractivity contribution in [2.45, 2.75) is 39.7 Å². The van der Waals surface area contributed by atoms with Gasteiger partial charge in [0, 0.05) is 31.6 Å². The number of hydrogen-bond donors (Lipinski definition) is 1. The van der Waals surface area contributed by atoms with E-state index in [4.69, 9.17) is 4.74 Å². The topological polar surface area (TPSA) is 51.5 Å². The SMILES string of the molecule is COCCCn1c(C)c(C(=O)O)c(Br)c1C(C)C. The lowest BCUT2D eigenvalue weighted by atomic mass is 10.1. The van der Waals surface area contributed by atoms with Crippen molar-refractivity contribution in [3.8, 4) is 0 Å². The number of nitrogens with zero attached hydrogens (tertiary/aromatic N) is 1. The fourth-order valence-electron chi connectivity index (χ4n) is 2.19. The number of carboxylic acid groups (broad SMARTS) is 1. The molecule has 0 radical (unpaired) electrons. The van der Waals surface area contributed by atoms with E-state index in [1.165, 1.54) is 0 Å². The van der Waals surface area contributed by atoms with Crippen LogP contribution in [0, 0.1) is 6.92 Å². The molecular formula is C13H20BrNO3. The maximum absolute atomic E-state index is 11.3. The van der Waals surface area contributed by atoms with E-state index in [1.54, 1.807) is 7.11 Å². The van der Waals surface area contributed by atoms with Crippen molar-refractivity contribution in [2.75, 3.05) is 13.7 Å². The Morgan fingerprint density at radius 3 is 2.56 bits per heavy atom. The highest BCUT2D eigenvalue weighted by Gasteiger charge is 2.24. The van der Waals surface area contributed by atoms with Gasteiger partial charge >= 0.3 is 5.97 Å². The molecule has 0 aliphatic carbocycles. The maximum Gasteiger partial charge on any atom is 0.338 e. The Kier molecular flexibility index (Phi) is 5.41. The van der Waals surface area contributed by atoms with E-state index in [9.17, 15) is 9.90 Å². The zero-order chi connectivity index (χ0) is 13.9. The summed E-state index contributed by atoms with van der Waals surface area (Å²) in [5, 5.41) is 9.27. The van der Waals surface area contributed by atoms with Crippen LogP contribution in [0.4, 0.5) is 0 Å². The van der Waals surface area contributed by atoms with Crippen molar-refractivity contribution in [1.29, 1.82) is 0 Å². The van der Waals surface area contributed by atoms with Crippen LogP contribution in [0.5, 0.6) is 0 Å². The lowest BCUT2D eigenvalue weighted by Crippen LogP contribution is -2.09. The molecule has 0 fully saturated rings. The Hall–Kier alpha value is -0.810. The summed E-state index contributed by atoms with van der Waals surface area (Å²) in [6.07, 6.45) is 0.872. The van der Waals surface area contributed by atoms with Crippen LogP contribution in [-0.4, -0.2) is 29.4 Å². The van der Waals surface area contributed by atoms with Crippen molar-refractivity contribution in [3.05, 3.63) is 21.4 Å².